The maximum absolute atomic E-state index is 13.2. The molecular formula is C23H39N4O4+. The molecule has 0 heterocycles. The summed E-state index contributed by atoms with van der Waals surface area (Å²) >= 11 is 0. The number of non-ortho nitro benzene ring substituents is 1. The first kappa shape index (κ1) is 26.6. The second kappa shape index (κ2) is 14.5. The Morgan fingerprint density at radius 3 is 1.90 bits per heavy atom. The quantitative estimate of drug-likeness (QED) is 0.338. The molecule has 1 aromatic rings. The molecule has 8 heteroatoms. The van der Waals surface area contributed by atoms with Crippen LogP contribution < -0.4 is 4.90 Å². The number of nitro groups is 1. The van der Waals surface area contributed by atoms with E-state index < -0.39 is 4.92 Å². The number of carbonyl (C=O) groups is 2. The Morgan fingerprint density at radius 2 is 1.45 bits per heavy atom. The van der Waals surface area contributed by atoms with Crippen LogP contribution in [-0.4, -0.2) is 72.4 Å². The molecule has 0 atom stereocenters. The highest BCUT2D eigenvalue weighted by atomic mass is 16.6. The minimum absolute atomic E-state index is 0.0317. The lowest BCUT2D eigenvalue weighted by Gasteiger charge is -2.28. The van der Waals surface area contributed by atoms with Gasteiger partial charge in [-0.2, -0.15) is 0 Å². The van der Waals surface area contributed by atoms with E-state index in [9.17, 15) is 19.7 Å². The number of unbranched alkanes of at least 4 members (excludes halogenated alkanes) is 2. The van der Waals surface area contributed by atoms with Crippen molar-refractivity contribution >= 4 is 17.5 Å². The first-order valence-electron chi connectivity index (χ1n) is 11.5. The minimum atomic E-state index is -0.487. The highest BCUT2D eigenvalue weighted by Crippen LogP contribution is 2.14. The van der Waals surface area contributed by atoms with Crippen LogP contribution in [0.2, 0.25) is 0 Å². The molecule has 1 rings (SSSR count). The van der Waals surface area contributed by atoms with Crippen molar-refractivity contribution in [2.24, 2.45) is 0 Å². The van der Waals surface area contributed by atoms with Crippen molar-refractivity contribution in [1.82, 2.24) is 9.80 Å². The molecule has 0 aromatic heterocycles. The summed E-state index contributed by atoms with van der Waals surface area (Å²) in [4.78, 5) is 41.5. The van der Waals surface area contributed by atoms with Gasteiger partial charge in [-0.15, -0.1) is 0 Å². The number of nitrogens with one attached hydrogen (secondary N) is 1. The smallest absolute Gasteiger partial charge is 0.269 e. The highest BCUT2D eigenvalue weighted by molar-refractivity contribution is 5.96. The largest absolute Gasteiger partial charge is 0.341 e. The molecule has 0 spiro atoms. The van der Waals surface area contributed by atoms with Gasteiger partial charge in [-0.3, -0.25) is 19.7 Å². The van der Waals surface area contributed by atoms with Crippen molar-refractivity contribution in [3.05, 3.63) is 39.9 Å². The van der Waals surface area contributed by atoms with E-state index in [0.717, 1.165) is 45.3 Å². The van der Waals surface area contributed by atoms with E-state index in [1.54, 1.807) is 4.90 Å². The van der Waals surface area contributed by atoms with Crippen molar-refractivity contribution in [3.63, 3.8) is 0 Å². The number of carbonyl (C=O) groups excluding carboxylic acids is 2. The second-order valence-corrected chi connectivity index (χ2v) is 7.83. The summed E-state index contributed by atoms with van der Waals surface area (Å²) in [7, 11) is 0. The number of likely N-dealkylation sites (N-methyl/N-ethyl adjacent to an activating group) is 1. The van der Waals surface area contributed by atoms with E-state index in [4.69, 9.17) is 0 Å². The average Bonchev–Trinajstić information content (AvgIpc) is 2.78. The summed E-state index contributed by atoms with van der Waals surface area (Å²) in [6.45, 7) is 13.0. The zero-order chi connectivity index (χ0) is 23.2. The molecule has 0 aliphatic rings. The first-order chi connectivity index (χ1) is 14.9. The Morgan fingerprint density at radius 1 is 0.903 bits per heavy atom. The molecule has 1 aromatic carbocycles. The van der Waals surface area contributed by atoms with Crippen molar-refractivity contribution in [2.75, 3.05) is 45.8 Å². The Kier molecular flexibility index (Phi) is 12.4. The van der Waals surface area contributed by atoms with Crippen LogP contribution in [-0.2, 0) is 4.79 Å². The number of quaternary nitrogens is 1. The van der Waals surface area contributed by atoms with E-state index in [2.05, 4.69) is 27.7 Å². The number of benzene rings is 1. The molecule has 0 saturated carbocycles. The van der Waals surface area contributed by atoms with Gasteiger partial charge in [0.15, 0.2) is 0 Å². The summed E-state index contributed by atoms with van der Waals surface area (Å²) in [6.07, 6.45) is 3.89. The standard InChI is InChI=1S/C23H38N4O4/c1-5-9-15-25(16-10-6-2)22(28)19-26(18-17-24(7-3)8-4)23(29)20-11-13-21(14-12-20)27(30)31/h11-14H,5-10,15-19H2,1-4H3/p+1. The molecule has 174 valence electrons. The second-order valence-electron chi connectivity index (χ2n) is 7.83. The Bertz CT molecular complexity index is 681. The zero-order valence-electron chi connectivity index (χ0n) is 19.6. The topological polar surface area (TPSA) is 88.2 Å². The van der Waals surface area contributed by atoms with E-state index in [-0.39, 0.29) is 24.0 Å². The lowest BCUT2D eigenvalue weighted by molar-refractivity contribution is -0.895. The third-order valence-corrected chi connectivity index (χ3v) is 5.59. The van der Waals surface area contributed by atoms with Gasteiger partial charge in [-0.25, -0.2) is 0 Å². The van der Waals surface area contributed by atoms with Crippen LogP contribution >= 0.6 is 0 Å². The van der Waals surface area contributed by atoms with E-state index in [0.29, 0.717) is 25.2 Å². The lowest BCUT2D eigenvalue weighted by atomic mass is 10.1. The number of nitro benzene ring substituents is 1. The van der Waals surface area contributed by atoms with Crippen LogP contribution in [0.15, 0.2) is 24.3 Å². The van der Waals surface area contributed by atoms with Crippen molar-refractivity contribution in [1.29, 1.82) is 0 Å². The fraction of sp³-hybridized carbons (Fsp3) is 0.652. The molecule has 0 fully saturated rings. The highest BCUT2D eigenvalue weighted by Gasteiger charge is 2.23. The monoisotopic (exact) mass is 435 g/mol. The minimum Gasteiger partial charge on any atom is -0.341 e. The van der Waals surface area contributed by atoms with Gasteiger partial charge in [0.1, 0.15) is 6.54 Å². The van der Waals surface area contributed by atoms with Gasteiger partial charge in [0.05, 0.1) is 31.1 Å². The van der Waals surface area contributed by atoms with Crippen LogP contribution in [0.5, 0.6) is 0 Å². The summed E-state index contributed by atoms with van der Waals surface area (Å²) in [5.41, 5.74) is 0.304. The normalized spacial score (nSPS) is 10.9. The van der Waals surface area contributed by atoms with Crippen LogP contribution in [0.3, 0.4) is 0 Å². The average molecular weight is 436 g/mol. The molecular weight excluding hydrogens is 396 g/mol. The predicted octanol–water partition coefficient (Wildman–Crippen LogP) is 2.39. The van der Waals surface area contributed by atoms with E-state index in [1.807, 2.05) is 4.90 Å². The Hall–Kier alpha value is -2.48. The van der Waals surface area contributed by atoms with Gasteiger partial charge in [-0.1, -0.05) is 26.7 Å². The summed E-state index contributed by atoms with van der Waals surface area (Å²) < 4.78 is 0. The third kappa shape index (κ3) is 9.04. The molecule has 1 N–H and O–H groups in total. The fourth-order valence-corrected chi connectivity index (χ4v) is 3.38. The number of amides is 2. The Labute approximate surface area is 186 Å². The van der Waals surface area contributed by atoms with Crippen LogP contribution in [0.25, 0.3) is 0 Å². The van der Waals surface area contributed by atoms with Gasteiger partial charge in [-0.05, 0) is 38.8 Å². The molecule has 8 nitrogen and oxygen atoms in total. The van der Waals surface area contributed by atoms with Crippen LogP contribution in [0.1, 0.15) is 63.7 Å². The number of hydrogen-bond donors (Lipinski definition) is 1. The fourth-order valence-electron chi connectivity index (χ4n) is 3.38. The number of rotatable bonds is 15. The van der Waals surface area contributed by atoms with E-state index in [1.165, 1.54) is 29.2 Å². The zero-order valence-corrected chi connectivity index (χ0v) is 19.6. The summed E-state index contributed by atoms with van der Waals surface area (Å²) in [6, 6.07) is 5.59. The first-order valence-corrected chi connectivity index (χ1v) is 11.5. The lowest BCUT2D eigenvalue weighted by Crippen LogP contribution is -3.12. The molecule has 0 radical (unpaired) electrons. The molecule has 0 aliphatic carbocycles. The van der Waals surface area contributed by atoms with Crippen LogP contribution in [0, 0.1) is 10.1 Å². The third-order valence-electron chi connectivity index (χ3n) is 5.59. The van der Waals surface area contributed by atoms with Crippen molar-refractivity contribution in [3.8, 4) is 0 Å². The SMILES string of the molecule is CCCCN(CCCC)C(=O)CN(CC[NH+](CC)CC)C(=O)c1ccc([N+](=O)[O-])cc1. The van der Waals surface area contributed by atoms with Crippen molar-refractivity contribution in [2.45, 2.75) is 53.4 Å². The number of nitrogens with zero attached hydrogens (tertiary/aromatic N) is 3. The predicted molar refractivity (Wildman–Crippen MR) is 122 cm³/mol. The van der Waals surface area contributed by atoms with Gasteiger partial charge in [0.2, 0.25) is 5.91 Å². The molecule has 0 saturated heterocycles. The molecule has 31 heavy (non-hydrogen) atoms. The van der Waals surface area contributed by atoms with Crippen molar-refractivity contribution < 1.29 is 19.4 Å². The molecule has 0 unspecified atom stereocenters. The maximum Gasteiger partial charge on any atom is 0.269 e. The van der Waals surface area contributed by atoms with Gasteiger partial charge in [0.25, 0.3) is 11.6 Å². The maximum atomic E-state index is 13.2. The van der Waals surface area contributed by atoms with Gasteiger partial charge in [0, 0.05) is 30.8 Å². The van der Waals surface area contributed by atoms with E-state index >= 15 is 0 Å². The summed E-state index contributed by atoms with van der Waals surface area (Å²) in [5, 5.41) is 10.9. The molecule has 2 amide bonds. The molecule has 0 aliphatic heterocycles. The Balaban J connectivity index is 3.01. The molecule has 0 bridgehead atoms. The summed E-state index contributed by atoms with van der Waals surface area (Å²) in [5.74, 6) is -0.299. The van der Waals surface area contributed by atoms with Crippen LogP contribution in [0.4, 0.5) is 5.69 Å². The van der Waals surface area contributed by atoms with Gasteiger partial charge < -0.3 is 14.7 Å². The number of hydrogen-bond acceptors (Lipinski definition) is 4. The van der Waals surface area contributed by atoms with Gasteiger partial charge >= 0.3 is 0 Å².